The zero-order valence-corrected chi connectivity index (χ0v) is 11.1. The maximum Gasteiger partial charge on any atom is 0.236 e. The molecule has 2 N–H and O–H groups in total. The number of hydrogen-bond acceptors (Lipinski definition) is 5. The maximum atomic E-state index is 11.7. The van der Waals surface area contributed by atoms with Gasteiger partial charge in [0.25, 0.3) is 0 Å². The van der Waals surface area contributed by atoms with Crippen molar-refractivity contribution in [2.45, 2.75) is 33.0 Å². The number of carbonyl (C=O) groups excluding carboxylic acids is 1. The molecular formula is C11H21N5O2. The lowest BCUT2D eigenvalue weighted by molar-refractivity contribution is -0.123. The lowest BCUT2D eigenvalue weighted by Gasteiger charge is -2.13. The van der Waals surface area contributed by atoms with Gasteiger partial charge >= 0.3 is 0 Å². The number of carbonyl (C=O) groups is 1. The largest absolute Gasteiger partial charge is 0.383 e. The van der Waals surface area contributed by atoms with Crippen molar-refractivity contribution in [1.29, 1.82) is 0 Å². The number of aryl methyl sites for hydroxylation is 1. The summed E-state index contributed by atoms with van der Waals surface area (Å²) in [6.45, 7) is 6.21. The molecule has 0 aromatic carbocycles. The van der Waals surface area contributed by atoms with E-state index in [0.29, 0.717) is 19.7 Å². The summed E-state index contributed by atoms with van der Waals surface area (Å²) in [5.74, 6) is 0.781. The molecule has 18 heavy (non-hydrogen) atoms. The second kappa shape index (κ2) is 7.78. The molecule has 1 aromatic rings. The number of aromatic nitrogens is 3. The molecule has 7 nitrogen and oxygen atoms in total. The van der Waals surface area contributed by atoms with Crippen LogP contribution in [0.3, 0.4) is 0 Å². The molecule has 0 aliphatic carbocycles. The summed E-state index contributed by atoms with van der Waals surface area (Å²) in [7, 11) is 1.60. The van der Waals surface area contributed by atoms with E-state index in [1.807, 2.05) is 18.4 Å². The molecule has 0 saturated carbocycles. The van der Waals surface area contributed by atoms with E-state index in [1.165, 1.54) is 0 Å². The third-order valence-electron chi connectivity index (χ3n) is 2.60. The first kappa shape index (κ1) is 14.6. The number of nitrogens with one attached hydrogen (secondary N) is 2. The van der Waals surface area contributed by atoms with Gasteiger partial charge in [-0.15, -0.1) is 10.2 Å². The van der Waals surface area contributed by atoms with Crippen LogP contribution in [0.15, 0.2) is 6.33 Å². The van der Waals surface area contributed by atoms with Crippen molar-refractivity contribution in [2.24, 2.45) is 0 Å². The van der Waals surface area contributed by atoms with Crippen molar-refractivity contribution in [3.63, 3.8) is 0 Å². The molecule has 102 valence electrons. The summed E-state index contributed by atoms with van der Waals surface area (Å²) < 4.78 is 6.80. The van der Waals surface area contributed by atoms with Gasteiger partial charge in [0, 0.05) is 20.2 Å². The van der Waals surface area contributed by atoms with Gasteiger partial charge in [0.15, 0.2) is 0 Å². The SMILES string of the molecule is CCn1cnnc1CNC(C)C(=O)NCCOC. The van der Waals surface area contributed by atoms with Gasteiger partial charge in [-0.05, 0) is 13.8 Å². The summed E-state index contributed by atoms with van der Waals surface area (Å²) in [6, 6.07) is -0.274. The minimum atomic E-state index is -0.274. The monoisotopic (exact) mass is 255 g/mol. The van der Waals surface area contributed by atoms with Gasteiger partial charge < -0.3 is 14.6 Å². The molecule has 0 saturated heterocycles. The fourth-order valence-electron chi connectivity index (χ4n) is 1.45. The first-order valence-corrected chi connectivity index (χ1v) is 6.05. The minimum absolute atomic E-state index is 0.0467. The standard InChI is InChI=1S/C11H21N5O2/c1-4-16-8-14-15-10(16)7-13-9(2)11(17)12-5-6-18-3/h8-9,13H,4-7H2,1-3H3,(H,12,17). The lowest BCUT2D eigenvalue weighted by atomic mass is 10.3. The van der Waals surface area contributed by atoms with E-state index in [2.05, 4.69) is 20.8 Å². The fourth-order valence-corrected chi connectivity index (χ4v) is 1.45. The van der Waals surface area contributed by atoms with Gasteiger partial charge in [0.2, 0.25) is 5.91 Å². The van der Waals surface area contributed by atoms with Crippen LogP contribution in [-0.4, -0.2) is 47.0 Å². The number of hydrogen-bond donors (Lipinski definition) is 2. The van der Waals surface area contributed by atoms with E-state index in [0.717, 1.165) is 12.4 Å². The molecule has 0 bridgehead atoms. The zero-order valence-electron chi connectivity index (χ0n) is 11.1. The Morgan fingerprint density at radius 2 is 2.39 bits per heavy atom. The zero-order chi connectivity index (χ0) is 13.4. The van der Waals surface area contributed by atoms with Gasteiger partial charge in [-0.3, -0.25) is 10.1 Å². The van der Waals surface area contributed by atoms with Crippen LogP contribution in [0.2, 0.25) is 0 Å². The van der Waals surface area contributed by atoms with Gasteiger partial charge in [-0.1, -0.05) is 0 Å². The highest BCUT2D eigenvalue weighted by Gasteiger charge is 2.12. The molecule has 1 atom stereocenters. The highest BCUT2D eigenvalue weighted by Crippen LogP contribution is 1.95. The van der Waals surface area contributed by atoms with Crippen molar-refractivity contribution in [3.8, 4) is 0 Å². The maximum absolute atomic E-state index is 11.7. The molecule has 0 aliphatic rings. The average molecular weight is 255 g/mol. The lowest BCUT2D eigenvalue weighted by Crippen LogP contribution is -2.43. The molecule has 0 radical (unpaired) electrons. The van der Waals surface area contributed by atoms with E-state index in [-0.39, 0.29) is 11.9 Å². The molecule has 7 heteroatoms. The van der Waals surface area contributed by atoms with Gasteiger partial charge in [-0.2, -0.15) is 0 Å². The van der Waals surface area contributed by atoms with Gasteiger partial charge in [-0.25, -0.2) is 0 Å². The summed E-state index contributed by atoms with van der Waals surface area (Å²) in [5, 5.41) is 13.7. The van der Waals surface area contributed by atoms with Crippen molar-refractivity contribution in [3.05, 3.63) is 12.2 Å². The van der Waals surface area contributed by atoms with Crippen LogP contribution in [0, 0.1) is 0 Å². The molecule has 1 aromatic heterocycles. The van der Waals surface area contributed by atoms with E-state index < -0.39 is 0 Å². The fraction of sp³-hybridized carbons (Fsp3) is 0.727. The number of methoxy groups -OCH3 is 1. The predicted octanol–water partition coefficient (Wildman–Crippen LogP) is -0.461. The first-order valence-electron chi connectivity index (χ1n) is 6.05. The van der Waals surface area contributed by atoms with E-state index in [9.17, 15) is 4.79 Å². The average Bonchev–Trinajstić information content (AvgIpc) is 2.83. The van der Waals surface area contributed by atoms with Crippen LogP contribution in [0.1, 0.15) is 19.7 Å². The highest BCUT2D eigenvalue weighted by molar-refractivity contribution is 5.81. The molecule has 1 unspecified atom stereocenters. The minimum Gasteiger partial charge on any atom is -0.383 e. The Morgan fingerprint density at radius 1 is 1.61 bits per heavy atom. The number of ether oxygens (including phenoxy) is 1. The Kier molecular flexibility index (Phi) is 6.31. The second-order valence-electron chi connectivity index (χ2n) is 3.92. The van der Waals surface area contributed by atoms with Crippen molar-refractivity contribution in [1.82, 2.24) is 25.4 Å². The van der Waals surface area contributed by atoms with Crippen molar-refractivity contribution >= 4 is 5.91 Å². The Bertz CT molecular complexity index is 366. The molecule has 1 rings (SSSR count). The Balaban J connectivity index is 2.32. The third-order valence-corrected chi connectivity index (χ3v) is 2.60. The number of amides is 1. The van der Waals surface area contributed by atoms with Crippen molar-refractivity contribution < 1.29 is 9.53 Å². The summed E-state index contributed by atoms with van der Waals surface area (Å²) >= 11 is 0. The topological polar surface area (TPSA) is 81.1 Å². The van der Waals surface area contributed by atoms with E-state index >= 15 is 0 Å². The smallest absolute Gasteiger partial charge is 0.236 e. The molecule has 0 fully saturated rings. The van der Waals surface area contributed by atoms with Crippen LogP contribution < -0.4 is 10.6 Å². The van der Waals surface area contributed by atoms with Crippen LogP contribution in [0.25, 0.3) is 0 Å². The van der Waals surface area contributed by atoms with Crippen LogP contribution in [0.5, 0.6) is 0 Å². The molecule has 0 spiro atoms. The number of rotatable bonds is 8. The normalized spacial score (nSPS) is 12.4. The number of nitrogens with zero attached hydrogens (tertiary/aromatic N) is 3. The summed E-state index contributed by atoms with van der Waals surface area (Å²) in [6.07, 6.45) is 1.68. The predicted molar refractivity (Wildman–Crippen MR) is 66.9 cm³/mol. The summed E-state index contributed by atoms with van der Waals surface area (Å²) in [5.41, 5.74) is 0. The summed E-state index contributed by atoms with van der Waals surface area (Å²) in [4.78, 5) is 11.7. The first-order chi connectivity index (χ1) is 8.69. The molecule has 1 amide bonds. The molecular weight excluding hydrogens is 234 g/mol. The highest BCUT2D eigenvalue weighted by atomic mass is 16.5. The van der Waals surface area contributed by atoms with Gasteiger partial charge in [0.1, 0.15) is 12.2 Å². The van der Waals surface area contributed by atoms with Crippen molar-refractivity contribution in [2.75, 3.05) is 20.3 Å². The second-order valence-corrected chi connectivity index (χ2v) is 3.92. The Morgan fingerprint density at radius 3 is 3.06 bits per heavy atom. The van der Waals surface area contributed by atoms with Crippen LogP contribution in [-0.2, 0) is 22.6 Å². The van der Waals surface area contributed by atoms with Crippen LogP contribution in [0.4, 0.5) is 0 Å². The molecule has 0 aliphatic heterocycles. The third kappa shape index (κ3) is 4.42. The Hall–Kier alpha value is -1.47. The van der Waals surface area contributed by atoms with Gasteiger partial charge in [0.05, 0.1) is 19.2 Å². The van der Waals surface area contributed by atoms with E-state index in [1.54, 1.807) is 13.4 Å². The van der Waals surface area contributed by atoms with Crippen LogP contribution >= 0.6 is 0 Å². The quantitative estimate of drug-likeness (QED) is 0.614. The molecule has 1 heterocycles. The van der Waals surface area contributed by atoms with E-state index in [4.69, 9.17) is 4.74 Å². The Labute approximate surface area is 107 Å².